The maximum absolute atomic E-state index is 6.08. The van der Waals surface area contributed by atoms with Gasteiger partial charge in [0.2, 0.25) is 39.7 Å². The Morgan fingerprint density at radius 2 is 0.619 bits per heavy atom. The highest BCUT2D eigenvalue weighted by Crippen LogP contribution is 2.43. The van der Waals surface area contributed by atoms with Crippen LogP contribution < -0.4 is 55.8 Å². The molecule has 6 aliphatic heterocycles. The molecule has 0 saturated carbocycles. The molecule has 0 saturated heterocycles. The number of fused-ring (bicyclic) bond motifs is 25. The van der Waals surface area contributed by atoms with Gasteiger partial charge >= 0.3 is 0 Å². The first kappa shape index (κ1) is 70.8. The highest BCUT2D eigenvalue weighted by molar-refractivity contribution is 5.96. The molecule has 0 radical (unpaired) electrons. The zero-order valence-corrected chi connectivity index (χ0v) is 64.5. The lowest BCUT2D eigenvalue weighted by Crippen LogP contribution is -2.44. The summed E-state index contributed by atoms with van der Waals surface area (Å²) in [5.74, 6) is 6.04. The van der Waals surface area contributed by atoms with Crippen LogP contribution in [0, 0.1) is 48.5 Å². The van der Waals surface area contributed by atoms with Crippen LogP contribution in [0.1, 0.15) is 39.3 Å². The maximum atomic E-state index is 6.08. The average molecular weight is 1480 g/mol. The van der Waals surface area contributed by atoms with Gasteiger partial charge in [-0.2, -0.15) is 27.4 Å². The molecule has 113 heavy (non-hydrogen) atoms. The third-order valence-corrected chi connectivity index (χ3v) is 22.2. The topological polar surface area (TPSA) is 78.7 Å². The van der Waals surface area contributed by atoms with Crippen LogP contribution in [0.4, 0.5) is 0 Å². The SMILES string of the molecule is Cc1cccc2[n+]1COc1c(-c3ccccc3)cccc1-2.Cc1cccc2[n+]1COc1c-2ccc2ccccc12.Cc1cccc2c1OC[n+]1c(C)cccc1-2.Cc1cccc2c1OC[n+]1c-2ccc2ccccc21.Cc1cccc2c1OC[n+]1cc3ccccc3cc1-2.Cc1cccc2c1OC[n+]1ccc3ccccc3c1-2. The first-order chi connectivity index (χ1) is 55.5. The first-order valence-electron chi connectivity index (χ1n) is 38.6. The summed E-state index contributed by atoms with van der Waals surface area (Å²) in [7, 11) is 0. The van der Waals surface area contributed by atoms with E-state index >= 15 is 0 Å². The predicted octanol–water partition coefficient (Wildman–Crippen LogP) is 20.4. The Balaban J connectivity index is 0.0000000946. The molecule has 0 unspecified atom stereocenters. The van der Waals surface area contributed by atoms with Gasteiger partial charge in [-0.05, 0) is 151 Å². The van der Waals surface area contributed by atoms with Gasteiger partial charge in [0.15, 0.2) is 29.5 Å². The lowest BCUT2D eigenvalue weighted by atomic mass is 9.98. The van der Waals surface area contributed by atoms with Crippen molar-refractivity contribution in [2.75, 3.05) is 0 Å². The van der Waals surface area contributed by atoms with Crippen LogP contribution in [0.25, 0.3) is 122 Å². The first-order valence-corrected chi connectivity index (χ1v) is 38.6. The van der Waals surface area contributed by atoms with E-state index < -0.39 is 0 Å². The van der Waals surface area contributed by atoms with Crippen LogP contribution >= 0.6 is 0 Å². The Bertz CT molecular complexity index is 6310. The van der Waals surface area contributed by atoms with Gasteiger partial charge in [-0.15, -0.1) is 0 Å². The summed E-state index contributed by atoms with van der Waals surface area (Å²) < 4.78 is 48.8. The Hall–Kier alpha value is -13.8. The summed E-state index contributed by atoms with van der Waals surface area (Å²) in [4.78, 5) is 0. The molecule has 0 amide bonds. The smallest absolute Gasteiger partial charge is 0.293 e. The summed E-state index contributed by atoms with van der Waals surface area (Å²) in [5, 5.41) is 8.71. The van der Waals surface area contributed by atoms with Crippen LogP contribution in [0.2, 0.25) is 0 Å². The monoisotopic (exact) mass is 1480 g/mol. The van der Waals surface area contributed by atoms with Crippen molar-refractivity contribution in [1.29, 1.82) is 0 Å². The van der Waals surface area contributed by atoms with Crippen molar-refractivity contribution in [3.8, 4) is 113 Å². The van der Waals surface area contributed by atoms with Gasteiger partial charge in [-0.25, -0.2) is 0 Å². The highest BCUT2D eigenvalue weighted by Gasteiger charge is 2.33. The third-order valence-electron chi connectivity index (χ3n) is 22.2. The van der Waals surface area contributed by atoms with Crippen LogP contribution in [-0.2, 0) is 40.4 Å². The molecule has 0 spiro atoms. The van der Waals surface area contributed by atoms with Crippen molar-refractivity contribution < 1.29 is 55.8 Å². The molecule has 17 aromatic rings. The van der Waals surface area contributed by atoms with Crippen molar-refractivity contribution in [1.82, 2.24) is 0 Å². The number of rotatable bonds is 1. The third kappa shape index (κ3) is 13.5. The van der Waals surface area contributed by atoms with Gasteiger partial charge in [0.1, 0.15) is 34.5 Å². The van der Waals surface area contributed by atoms with Gasteiger partial charge in [0, 0.05) is 103 Å². The lowest BCUT2D eigenvalue weighted by molar-refractivity contribution is -0.723. The summed E-state index contributed by atoms with van der Waals surface area (Å²) >= 11 is 0. The minimum atomic E-state index is 0.568. The van der Waals surface area contributed by atoms with E-state index in [0.29, 0.717) is 40.4 Å². The highest BCUT2D eigenvalue weighted by atomic mass is 16.5. The quantitative estimate of drug-likeness (QED) is 0.152. The van der Waals surface area contributed by atoms with Crippen molar-refractivity contribution in [3.05, 3.63) is 361 Å². The molecule has 0 atom stereocenters. The van der Waals surface area contributed by atoms with E-state index in [1.54, 1.807) is 0 Å². The van der Waals surface area contributed by atoms with E-state index in [1.165, 1.54) is 150 Å². The number of hydrogen-bond acceptors (Lipinski definition) is 6. The molecule has 0 aliphatic carbocycles. The zero-order chi connectivity index (χ0) is 76.6. The average Bonchev–Trinajstić information content (AvgIpc) is 0.779. The molecule has 0 N–H and O–H groups in total. The molecule has 0 bridgehead atoms. The number of aromatic nitrogens is 6. The number of ether oxygens (including phenoxy) is 6. The van der Waals surface area contributed by atoms with E-state index in [4.69, 9.17) is 28.4 Å². The number of nitrogens with zero attached hydrogens (tertiary/aromatic N) is 6. The molecule has 23 rings (SSSR count). The van der Waals surface area contributed by atoms with Gasteiger partial charge in [0.05, 0.1) is 38.8 Å². The molecule has 0 fully saturated rings. The van der Waals surface area contributed by atoms with E-state index in [2.05, 4.69) is 392 Å². The molecule has 11 aromatic carbocycles. The van der Waals surface area contributed by atoms with Crippen LogP contribution in [0.5, 0.6) is 34.5 Å². The van der Waals surface area contributed by atoms with E-state index in [-0.39, 0.29) is 0 Å². The minimum absolute atomic E-state index is 0.568. The van der Waals surface area contributed by atoms with Gasteiger partial charge in [-0.1, -0.05) is 170 Å². The Morgan fingerprint density at radius 3 is 1.21 bits per heavy atom. The van der Waals surface area contributed by atoms with Crippen LogP contribution in [0.3, 0.4) is 0 Å². The van der Waals surface area contributed by atoms with Gasteiger partial charge < -0.3 is 28.4 Å². The fourth-order valence-corrected chi connectivity index (χ4v) is 16.3. The van der Waals surface area contributed by atoms with E-state index in [0.717, 1.165) is 45.6 Å². The molecule has 12 nitrogen and oxygen atoms in total. The Labute approximate surface area is 658 Å². The molecular weight excluding hydrogens is 1390 g/mol. The van der Waals surface area contributed by atoms with E-state index in [1.807, 2.05) is 6.07 Å². The van der Waals surface area contributed by atoms with Crippen molar-refractivity contribution in [3.63, 3.8) is 0 Å². The standard InChI is InChI=1S/C19H16NO.4C17H14NO.C14H14NO/c1-14-7-5-12-18-17-11-6-10-16(15-8-3-2-4-9-15)19(17)21-13-20(14)18;1-12-5-4-7-14-16-10-9-13-6-2-3-8-15(13)18(16)11-19-17(12)14;1-12-5-4-8-15-16-9-13-6-2-3-7-14(13)10-18(16)11-19-17(12)15;1-12-5-4-8-16-15-10-9-13-6-2-3-7-14(13)17(15)19-11-18(12)16;1-12-5-4-8-15-16-14-7-3-2-6-13(14)9-10-18(16)11-19-17(12)15;1-10-5-3-7-12-13-8-4-6-11(2)15(13)9-16-14(10)12/h2-12H,13H2,1H3;4*2-10H,11H2,1H3;3-8H,9H2,1-2H3/q6*+1. The summed E-state index contributed by atoms with van der Waals surface area (Å²) in [6.07, 6.45) is 4.26. The summed E-state index contributed by atoms with van der Waals surface area (Å²) in [6.45, 7) is 18.2. The maximum Gasteiger partial charge on any atom is 0.293 e. The Morgan fingerprint density at radius 1 is 0.230 bits per heavy atom. The fourth-order valence-electron chi connectivity index (χ4n) is 16.3. The molecule has 6 aliphatic rings. The number of aryl methyl sites for hydroxylation is 7. The molecule has 12 heterocycles. The normalized spacial score (nSPS) is 12.6. The molecular formula is C101H86N6O6+6. The summed E-state index contributed by atoms with van der Waals surface area (Å²) in [5.41, 5.74) is 26.4. The Kier molecular flexibility index (Phi) is 19.1. The molecule has 12 heteroatoms. The van der Waals surface area contributed by atoms with E-state index in [9.17, 15) is 0 Å². The van der Waals surface area contributed by atoms with Crippen molar-refractivity contribution >= 4 is 43.2 Å². The predicted molar refractivity (Wildman–Crippen MR) is 445 cm³/mol. The largest absolute Gasteiger partial charge is 0.435 e. The fraction of sp³-hybridized carbons (Fsp3) is 0.129. The minimum Gasteiger partial charge on any atom is -0.435 e. The number of para-hydroxylation sites is 6. The number of pyridine rings is 6. The second-order valence-corrected chi connectivity index (χ2v) is 29.3. The molecule has 550 valence electrons. The van der Waals surface area contributed by atoms with Gasteiger partial charge in [-0.3, -0.25) is 0 Å². The molecule has 6 aromatic heterocycles. The number of benzene rings is 11. The second kappa shape index (κ2) is 30.6. The second-order valence-electron chi connectivity index (χ2n) is 29.3. The van der Waals surface area contributed by atoms with Crippen LogP contribution in [-0.4, -0.2) is 0 Å². The zero-order valence-electron chi connectivity index (χ0n) is 64.5. The lowest BCUT2D eigenvalue weighted by Gasteiger charge is -2.19. The van der Waals surface area contributed by atoms with Crippen molar-refractivity contribution in [2.24, 2.45) is 0 Å². The van der Waals surface area contributed by atoms with Gasteiger partial charge in [0.25, 0.3) is 40.4 Å². The summed E-state index contributed by atoms with van der Waals surface area (Å²) in [6, 6.07) is 108. The van der Waals surface area contributed by atoms with Crippen molar-refractivity contribution in [2.45, 2.75) is 88.9 Å². The number of hydrogen-bond donors (Lipinski definition) is 0. The van der Waals surface area contributed by atoms with Crippen LogP contribution in [0.15, 0.2) is 322 Å².